The van der Waals surface area contributed by atoms with Gasteiger partial charge < -0.3 is 9.88 Å². The lowest BCUT2D eigenvalue weighted by molar-refractivity contribution is 0.623. The number of hydrogen-bond donors (Lipinski definition) is 1. The zero-order valence-electron chi connectivity index (χ0n) is 12.4. The first-order valence-corrected chi connectivity index (χ1v) is 7.15. The Morgan fingerprint density at radius 1 is 1.00 bits per heavy atom. The molecule has 2 aromatic carbocycles. The van der Waals surface area contributed by atoms with Crippen LogP contribution >= 0.6 is 0 Å². The first-order chi connectivity index (χ1) is 10.2. The molecule has 0 spiro atoms. The maximum absolute atomic E-state index is 12.9. The van der Waals surface area contributed by atoms with E-state index in [9.17, 15) is 4.39 Å². The van der Waals surface area contributed by atoms with Crippen molar-refractivity contribution in [1.29, 1.82) is 0 Å². The van der Waals surface area contributed by atoms with E-state index in [4.69, 9.17) is 0 Å². The lowest BCUT2D eigenvalue weighted by Crippen LogP contribution is -2.15. The monoisotopic (exact) mass is 282 g/mol. The molecule has 0 fully saturated rings. The number of hydrogen-bond acceptors (Lipinski definition) is 1. The summed E-state index contributed by atoms with van der Waals surface area (Å²) in [4.78, 5) is 0. The molecule has 3 rings (SSSR count). The summed E-state index contributed by atoms with van der Waals surface area (Å²) in [6.45, 7) is 3.70. The number of para-hydroxylation sites is 1. The maximum atomic E-state index is 12.9. The van der Waals surface area contributed by atoms with Crippen LogP contribution in [0, 0.1) is 12.7 Å². The Kier molecular flexibility index (Phi) is 3.76. The zero-order chi connectivity index (χ0) is 14.8. The molecule has 3 heteroatoms. The van der Waals surface area contributed by atoms with Crippen LogP contribution in [0.15, 0.2) is 48.5 Å². The van der Waals surface area contributed by atoms with Crippen molar-refractivity contribution in [1.82, 2.24) is 9.88 Å². The van der Waals surface area contributed by atoms with Crippen molar-refractivity contribution < 1.29 is 4.39 Å². The van der Waals surface area contributed by atoms with Gasteiger partial charge in [-0.25, -0.2) is 4.39 Å². The molecule has 21 heavy (non-hydrogen) atoms. The van der Waals surface area contributed by atoms with Gasteiger partial charge in [0.15, 0.2) is 0 Å². The minimum absolute atomic E-state index is 0.191. The summed E-state index contributed by atoms with van der Waals surface area (Å²) >= 11 is 0. The van der Waals surface area contributed by atoms with Crippen molar-refractivity contribution >= 4 is 10.9 Å². The van der Waals surface area contributed by atoms with Gasteiger partial charge in [-0.05, 0) is 36.2 Å². The predicted octanol–water partition coefficient (Wildman–Crippen LogP) is 3.92. The first kappa shape index (κ1) is 13.8. The predicted molar refractivity (Wildman–Crippen MR) is 84.6 cm³/mol. The normalized spacial score (nSPS) is 11.2. The molecule has 0 bridgehead atoms. The Bertz CT molecular complexity index is 718. The third-order valence-electron chi connectivity index (χ3n) is 4.04. The van der Waals surface area contributed by atoms with Crippen LogP contribution in [-0.4, -0.2) is 4.57 Å². The number of nitrogens with one attached hydrogen (secondary N) is 1. The third-order valence-corrected chi connectivity index (χ3v) is 4.04. The van der Waals surface area contributed by atoms with Crippen LogP contribution in [0.1, 0.15) is 16.8 Å². The van der Waals surface area contributed by atoms with Crippen molar-refractivity contribution in [2.24, 2.45) is 7.05 Å². The molecule has 0 aliphatic rings. The lowest BCUT2D eigenvalue weighted by Gasteiger charge is -2.08. The van der Waals surface area contributed by atoms with Crippen molar-refractivity contribution in [2.75, 3.05) is 0 Å². The molecule has 0 amide bonds. The molecule has 1 N–H and O–H groups in total. The Balaban J connectivity index is 1.75. The van der Waals surface area contributed by atoms with E-state index in [1.807, 2.05) is 12.1 Å². The van der Waals surface area contributed by atoms with Crippen molar-refractivity contribution in [2.45, 2.75) is 20.0 Å². The van der Waals surface area contributed by atoms with E-state index >= 15 is 0 Å². The molecule has 0 unspecified atom stereocenters. The van der Waals surface area contributed by atoms with Gasteiger partial charge in [-0.15, -0.1) is 0 Å². The maximum Gasteiger partial charge on any atom is 0.123 e. The molecule has 1 aromatic heterocycles. The quantitative estimate of drug-likeness (QED) is 0.767. The number of halogens is 1. The highest BCUT2D eigenvalue weighted by atomic mass is 19.1. The van der Waals surface area contributed by atoms with E-state index in [0.717, 1.165) is 18.7 Å². The topological polar surface area (TPSA) is 17.0 Å². The van der Waals surface area contributed by atoms with Crippen LogP contribution in [0.5, 0.6) is 0 Å². The number of aryl methyl sites for hydroxylation is 2. The van der Waals surface area contributed by atoms with Gasteiger partial charge in [0.25, 0.3) is 0 Å². The average Bonchev–Trinajstić information content (AvgIpc) is 2.75. The molecule has 0 atom stereocenters. The third kappa shape index (κ3) is 2.69. The Labute approximate surface area is 124 Å². The second-order valence-electron chi connectivity index (χ2n) is 5.38. The summed E-state index contributed by atoms with van der Waals surface area (Å²) in [6.07, 6.45) is 0. The van der Waals surface area contributed by atoms with Gasteiger partial charge in [-0.2, -0.15) is 0 Å². The summed E-state index contributed by atoms with van der Waals surface area (Å²) in [5.41, 5.74) is 4.96. The highest BCUT2D eigenvalue weighted by Crippen LogP contribution is 2.24. The van der Waals surface area contributed by atoms with Gasteiger partial charge in [-0.3, -0.25) is 0 Å². The number of rotatable bonds is 4. The van der Waals surface area contributed by atoms with E-state index in [1.165, 1.54) is 34.3 Å². The summed E-state index contributed by atoms with van der Waals surface area (Å²) in [7, 11) is 2.10. The summed E-state index contributed by atoms with van der Waals surface area (Å²) in [5, 5.41) is 4.74. The highest BCUT2D eigenvalue weighted by molar-refractivity contribution is 5.85. The van der Waals surface area contributed by atoms with E-state index in [1.54, 1.807) is 0 Å². The molecule has 1 heterocycles. The largest absolute Gasteiger partial charge is 0.346 e. The Morgan fingerprint density at radius 3 is 2.43 bits per heavy atom. The zero-order valence-corrected chi connectivity index (χ0v) is 12.4. The number of nitrogens with zero attached hydrogens (tertiary/aromatic N) is 1. The summed E-state index contributed by atoms with van der Waals surface area (Å²) in [5.74, 6) is -0.191. The molecule has 108 valence electrons. The van der Waals surface area contributed by atoms with Crippen LogP contribution < -0.4 is 5.32 Å². The molecule has 0 radical (unpaired) electrons. The molecule has 0 saturated heterocycles. The van der Waals surface area contributed by atoms with Crippen molar-refractivity contribution in [3.63, 3.8) is 0 Å². The molecule has 2 nitrogen and oxygen atoms in total. The first-order valence-electron chi connectivity index (χ1n) is 7.15. The minimum Gasteiger partial charge on any atom is -0.346 e. The minimum atomic E-state index is -0.191. The SMILES string of the molecule is Cc1c(CNCc2ccc(F)cc2)n(C)c2ccccc12. The highest BCUT2D eigenvalue weighted by Gasteiger charge is 2.10. The fourth-order valence-corrected chi connectivity index (χ4v) is 2.81. The second-order valence-corrected chi connectivity index (χ2v) is 5.38. The molecule has 0 aliphatic heterocycles. The smallest absolute Gasteiger partial charge is 0.123 e. The van der Waals surface area contributed by atoms with Crippen LogP contribution in [-0.2, 0) is 20.1 Å². The van der Waals surface area contributed by atoms with Gasteiger partial charge in [0.1, 0.15) is 5.82 Å². The Hall–Kier alpha value is -2.13. The van der Waals surface area contributed by atoms with Gasteiger partial charge in [0.2, 0.25) is 0 Å². The molecular weight excluding hydrogens is 263 g/mol. The molecule has 0 saturated carbocycles. The van der Waals surface area contributed by atoms with E-state index in [0.29, 0.717) is 0 Å². The standard InChI is InChI=1S/C18H19FN2/c1-13-16-5-3-4-6-17(16)21(2)18(13)12-20-11-14-7-9-15(19)10-8-14/h3-10,20H,11-12H2,1-2H3. The average molecular weight is 282 g/mol. The van der Waals surface area contributed by atoms with Gasteiger partial charge in [0.05, 0.1) is 0 Å². The van der Waals surface area contributed by atoms with Crippen LogP contribution in [0.4, 0.5) is 4.39 Å². The van der Waals surface area contributed by atoms with Gasteiger partial charge in [-0.1, -0.05) is 30.3 Å². The van der Waals surface area contributed by atoms with Crippen molar-refractivity contribution in [3.05, 3.63) is 71.2 Å². The second kappa shape index (κ2) is 5.70. The van der Waals surface area contributed by atoms with E-state index in [2.05, 4.69) is 48.1 Å². The fraction of sp³-hybridized carbons (Fsp3) is 0.222. The summed E-state index contributed by atoms with van der Waals surface area (Å²) < 4.78 is 15.1. The van der Waals surface area contributed by atoms with E-state index in [-0.39, 0.29) is 5.82 Å². The Morgan fingerprint density at radius 2 is 1.71 bits per heavy atom. The molecular formula is C18H19FN2. The molecule has 3 aromatic rings. The lowest BCUT2D eigenvalue weighted by atomic mass is 10.1. The van der Waals surface area contributed by atoms with Crippen molar-refractivity contribution in [3.8, 4) is 0 Å². The van der Waals surface area contributed by atoms with Crippen LogP contribution in [0.3, 0.4) is 0 Å². The fourth-order valence-electron chi connectivity index (χ4n) is 2.81. The number of fused-ring (bicyclic) bond motifs is 1. The van der Waals surface area contributed by atoms with Gasteiger partial charge >= 0.3 is 0 Å². The summed E-state index contributed by atoms with van der Waals surface area (Å²) in [6, 6.07) is 15.1. The van der Waals surface area contributed by atoms with E-state index < -0.39 is 0 Å². The number of benzene rings is 2. The van der Waals surface area contributed by atoms with Crippen LogP contribution in [0.2, 0.25) is 0 Å². The number of aromatic nitrogens is 1. The molecule has 0 aliphatic carbocycles. The van der Waals surface area contributed by atoms with Crippen LogP contribution in [0.25, 0.3) is 10.9 Å². The van der Waals surface area contributed by atoms with Gasteiger partial charge in [0, 0.05) is 36.7 Å².